The lowest BCUT2D eigenvalue weighted by Gasteiger charge is -2.28. The molecule has 186 valence electrons. The van der Waals surface area contributed by atoms with Gasteiger partial charge in [-0.25, -0.2) is 0 Å². The molecule has 0 bridgehead atoms. The van der Waals surface area contributed by atoms with Gasteiger partial charge >= 0.3 is 0 Å². The lowest BCUT2D eigenvalue weighted by atomic mass is 10.0. The summed E-state index contributed by atoms with van der Waals surface area (Å²) in [6.07, 6.45) is 5.43. The number of nitrogens with zero attached hydrogens (tertiary/aromatic N) is 2. The molecular formula is C30H38N2O2S. The van der Waals surface area contributed by atoms with Gasteiger partial charge < -0.3 is 9.80 Å². The van der Waals surface area contributed by atoms with E-state index in [9.17, 15) is 9.59 Å². The number of hydrogen-bond acceptors (Lipinski definition) is 3. The fraction of sp³-hybridized carbons (Fsp3) is 0.400. The lowest BCUT2D eigenvalue weighted by Crippen LogP contribution is -2.42. The predicted octanol–water partition coefficient (Wildman–Crippen LogP) is 6.87. The number of hydrogen-bond donors (Lipinski definition) is 0. The molecule has 35 heavy (non-hydrogen) atoms. The molecule has 0 radical (unpaired) electrons. The summed E-state index contributed by atoms with van der Waals surface area (Å²) in [6.45, 7) is 8.04. The van der Waals surface area contributed by atoms with Crippen LogP contribution in [0, 0.1) is 6.92 Å². The van der Waals surface area contributed by atoms with E-state index >= 15 is 0 Å². The van der Waals surface area contributed by atoms with E-state index in [1.54, 1.807) is 16.2 Å². The van der Waals surface area contributed by atoms with Gasteiger partial charge in [-0.15, -0.1) is 11.3 Å². The van der Waals surface area contributed by atoms with Crippen molar-refractivity contribution in [2.24, 2.45) is 0 Å². The Morgan fingerprint density at radius 3 is 2.17 bits per heavy atom. The van der Waals surface area contributed by atoms with Gasteiger partial charge in [0.05, 0.1) is 6.54 Å². The van der Waals surface area contributed by atoms with Crippen molar-refractivity contribution in [2.45, 2.75) is 66.0 Å². The zero-order chi connectivity index (χ0) is 25.0. The molecule has 0 fully saturated rings. The first-order valence-electron chi connectivity index (χ1n) is 12.7. The van der Waals surface area contributed by atoms with Gasteiger partial charge in [0.1, 0.15) is 6.54 Å². The van der Waals surface area contributed by atoms with Crippen LogP contribution in [0.1, 0.15) is 71.5 Å². The number of carbonyl (C=O) groups is 2. The highest BCUT2D eigenvalue weighted by Gasteiger charge is 2.23. The Morgan fingerprint density at radius 1 is 0.800 bits per heavy atom. The molecule has 0 aliphatic heterocycles. The van der Waals surface area contributed by atoms with Crippen LogP contribution in [0.2, 0.25) is 0 Å². The topological polar surface area (TPSA) is 40.6 Å². The molecule has 0 aliphatic rings. The minimum absolute atomic E-state index is 0.0281. The molecule has 0 atom stereocenters. The fourth-order valence-corrected chi connectivity index (χ4v) is 5.06. The Labute approximate surface area is 214 Å². The van der Waals surface area contributed by atoms with Crippen LogP contribution in [0.3, 0.4) is 0 Å². The summed E-state index contributed by atoms with van der Waals surface area (Å²) in [7, 11) is 0. The monoisotopic (exact) mass is 490 g/mol. The number of unbranched alkanes of at least 4 members (excludes halogenated alkanes) is 2. The zero-order valence-corrected chi connectivity index (χ0v) is 22.2. The number of amides is 2. The first-order chi connectivity index (χ1) is 17.0. The third kappa shape index (κ3) is 8.07. The zero-order valence-electron chi connectivity index (χ0n) is 21.3. The Morgan fingerprint density at radius 2 is 1.54 bits per heavy atom. The van der Waals surface area contributed by atoms with Crippen LogP contribution in [0.4, 0.5) is 0 Å². The molecule has 1 heterocycles. The average Bonchev–Trinajstić information content (AvgIpc) is 3.28. The van der Waals surface area contributed by atoms with Crippen molar-refractivity contribution in [1.82, 2.24) is 9.80 Å². The summed E-state index contributed by atoms with van der Waals surface area (Å²) in [5, 5.41) is 2.06. The number of benzene rings is 2. The third-order valence-corrected chi connectivity index (χ3v) is 7.26. The molecule has 3 aromatic rings. The van der Waals surface area contributed by atoms with Crippen LogP contribution in [-0.2, 0) is 24.3 Å². The maximum atomic E-state index is 13.5. The predicted molar refractivity (Wildman–Crippen MR) is 146 cm³/mol. The third-order valence-electron chi connectivity index (χ3n) is 6.25. The van der Waals surface area contributed by atoms with Gasteiger partial charge in [-0.2, -0.15) is 0 Å². The highest BCUT2D eigenvalue weighted by Crippen LogP contribution is 2.20. The minimum Gasteiger partial charge on any atom is -0.332 e. The maximum absolute atomic E-state index is 13.5. The molecule has 2 aromatic carbocycles. The second-order valence-electron chi connectivity index (χ2n) is 9.14. The van der Waals surface area contributed by atoms with E-state index < -0.39 is 0 Å². The summed E-state index contributed by atoms with van der Waals surface area (Å²) >= 11 is 1.67. The van der Waals surface area contributed by atoms with Crippen molar-refractivity contribution in [2.75, 3.05) is 13.1 Å². The second kappa shape index (κ2) is 13.8. The van der Waals surface area contributed by atoms with Gasteiger partial charge in [-0.1, -0.05) is 69.2 Å². The lowest BCUT2D eigenvalue weighted by molar-refractivity contribution is -0.133. The summed E-state index contributed by atoms with van der Waals surface area (Å²) in [5.41, 5.74) is 4.19. The molecule has 4 nitrogen and oxygen atoms in total. The van der Waals surface area contributed by atoms with Crippen LogP contribution < -0.4 is 0 Å². The van der Waals surface area contributed by atoms with Crippen molar-refractivity contribution in [1.29, 1.82) is 0 Å². The Hall–Kier alpha value is -2.92. The van der Waals surface area contributed by atoms with Crippen LogP contribution in [0.25, 0.3) is 0 Å². The van der Waals surface area contributed by atoms with Crippen molar-refractivity contribution in [3.63, 3.8) is 0 Å². The van der Waals surface area contributed by atoms with Crippen LogP contribution >= 0.6 is 11.3 Å². The van der Waals surface area contributed by atoms with E-state index in [2.05, 4.69) is 37.4 Å². The second-order valence-corrected chi connectivity index (χ2v) is 10.1. The van der Waals surface area contributed by atoms with Crippen LogP contribution in [-0.4, -0.2) is 34.7 Å². The van der Waals surface area contributed by atoms with Gasteiger partial charge in [0.2, 0.25) is 5.91 Å². The summed E-state index contributed by atoms with van der Waals surface area (Å²) in [6, 6.07) is 20.1. The number of thiophene rings is 1. The van der Waals surface area contributed by atoms with E-state index in [-0.39, 0.29) is 18.4 Å². The molecule has 1 aromatic heterocycles. The normalized spacial score (nSPS) is 10.8. The van der Waals surface area contributed by atoms with E-state index in [4.69, 9.17) is 0 Å². The van der Waals surface area contributed by atoms with E-state index in [0.29, 0.717) is 25.2 Å². The van der Waals surface area contributed by atoms with Crippen molar-refractivity contribution in [3.8, 4) is 0 Å². The van der Waals surface area contributed by atoms with E-state index in [1.165, 1.54) is 35.3 Å². The number of aryl methyl sites for hydroxylation is 2. The molecule has 0 saturated carbocycles. The SMILES string of the molecule is CCCCCc1ccc(C(=O)N(CCC)CC(=O)N(Cc2ccccc2)Cc2sccc2C)cc1. The molecular weight excluding hydrogens is 452 g/mol. The van der Waals surface area contributed by atoms with E-state index in [0.717, 1.165) is 18.4 Å². The Kier molecular flexibility index (Phi) is 10.5. The maximum Gasteiger partial charge on any atom is 0.254 e. The van der Waals surface area contributed by atoms with Gasteiger partial charge in [0.25, 0.3) is 5.91 Å². The van der Waals surface area contributed by atoms with Gasteiger partial charge in [0, 0.05) is 23.5 Å². The molecule has 0 saturated heterocycles. The van der Waals surface area contributed by atoms with Crippen molar-refractivity contribution < 1.29 is 9.59 Å². The summed E-state index contributed by atoms with van der Waals surface area (Å²) in [5.74, 6) is -0.105. The molecule has 3 rings (SSSR count). The molecule has 5 heteroatoms. The van der Waals surface area contributed by atoms with Crippen LogP contribution in [0.5, 0.6) is 0 Å². The number of carbonyl (C=O) groups excluding carboxylic acids is 2. The van der Waals surface area contributed by atoms with Crippen LogP contribution in [0.15, 0.2) is 66.0 Å². The average molecular weight is 491 g/mol. The minimum atomic E-state index is -0.0766. The first kappa shape index (κ1) is 26.7. The Balaban J connectivity index is 1.73. The highest BCUT2D eigenvalue weighted by molar-refractivity contribution is 7.10. The van der Waals surface area contributed by atoms with Gasteiger partial charge in [-0.05, 0) is 66.5 Å². The van der Waals surface area contributed by atoms with Crippen molar-refractivity contribution >= 4 is 23.2 Å². The standard InChI is InChI=1S/C30H38N2O2S/c1-4-6-8-11-25-14-16-27(17-15-25)30(34)31(19-5-2)23-29(33)32(21-26-12-9-7-10-13-26)22-28-24(3)18-20-35-28/h7,9-10,12-18,20H,4-6,8,11,19,21-23H2,1-3H3. The summed E-state index contributed by atoms with van der Waals surface area (Å²) in [4.78, 5) is 31.7. The molecule has 0 N–H and O–H groups in total. The number of rotatable bonds is 13. The fourth-order valence-electron chi connectivity index (χ4n) is 4.14. The quantitative estimate of drug-likeness (QED) is 0.245. The molecule has 0 aliphatic carbocycles. The smallest absolute Gasteiger partial charge is 0.254 e. The van der Waals surface area contributed by atoms with E-state index in [1.807, 2.05) is 54.3 Å². The largest absolute Gasteiger partial charge is 0.332 e. The Bertz CT molecular complexity index is 1060. The molecule has 0 spiro atoms. The van der Waals surface area contributed by atoms with Gasteiger partial charge in [-0.3, -0.25) is 9.59 Å². The molecule has 0 unspecified atom stereocenters. The van der Waals surface area contributed by atoms with Gasteiger partial charge in [0.15, 0.2) is 0 Å². The highest BCUT2D eigenvalue weighted by atomic mass is 32.1. The summed E-state index contributed by atoms with van der Waals surface area (Å²) < 4.78 is 0. The molecule has 2 amide bonds. The first-order valence-corrected chi connectivity index (χ1v) is 13.6. The van der Waals surface area contributed by atoms with Crippen molar-refractivity contribution in [3.05, 3.63) is 93.2 Å².